The van der Waals surface area contributed by atoms with Gasteiger partial charge in [0.1, 0.15) is 24.4 Å². The van der Waals surface area contributed by atoms with Gasteiger partial charge in [0.15, 0.2) is 6.29 Å². The second-order valence-corrected chi connectivity index (χ2v) is 21.8. The first-order valence-electron chi connectivity index (χ1n) is 31.2. The lowest BCUT2D eigenvalue weighted by Crippen LogP contribution is -2.60. The number of carbonyl (C=O) groups is 1. The molecule has 1 aliphatic heterocycles. The van der Waals surface area contributed by atoms with Gasteiger partial charge in [-0.3, -0.25) is 4.79 Å². The van der Waals surface area contributed by atoms with E-state index in [-0.39, 0.29) is 12.5 Å². The summed E-state index contributed by atoms with van der Waals surface area (Å²) in [6, 6.07) is -0.817. The fraction of sp³-hybridized carbons (Fsp3) is 0.889. The molecule has 1 aliphatic rings. The number of unbranched alkanes of at least 4 members (excludes halogenated alkanes) is 40. The summed E-state index contributed by atoms with van der Waals surface area (Å²) in [7, 11) is 0. The highest BCUT2D eigenvalue weighted by Gasteiger charge is 2.44. The van der Waals surface area contributed by atoms with E-state index in [1.807, 2.05) is 6.08 Å². The third-order valence-electron chi connectivity index (χ3n) is 14.9. The van der Waals surface area contributed by atoms with E-state index in [0.29, 0.717) is 6.42 Å². The van der Waals surface area contributed by atoms with Crippen LogP contribution in [0.15, 0.2) is 36.5 Å². The number of carbonyl (C=O) groups excluding carboxylic acids is 1. The maximum Gasteiger partial charge on any atom is 0.220 e. The minimum absolute atomic E-state index is 0.186. The van der Waals surface area contributed by atoms with E-state index in [2.05, 4.69) is 43.5 Å². The number of rotatable bonds is 54. The normalized spacial score (nSPS) is 19.3. The van der Waals surface area contributed by atoms with Crippen LogP contribution in [0.1, 0.15) is 303 Å². The molecule has 1 rings (SSSR count). The molecule has 1 heterocycles. The number of aliphatic hydroxyl groups is 5. The van der Waals surface area contributed by atoms with Gasteiger partial charge in [0.25, 0.3) is 0 Å². The summed E-state index contributed by atoms with van der Waals surface area (Å²) in [5.41, 5.74) is 0. The average molecular weight is 1020 g/mol. The zero-order chi connectivity index (χ0) is 52.2. The molecule has 7 atom stereocenters. The van der Waals surface area contributed by atoms with Gasteiger partial charge in [-0.05, 0) is 51.4 Å². The van der Waals surface area contributed by atoms with Crippen molar-refractivity contribution in [2.75, 3.05) is 13.2 Å². The van der Waals surface area contributed by atoms with E-state index >= 15 is 0 Å². The summed E-state index contributed by atoms with van der Waals surface area (Å²) in [6.45, 7) is 3.70. The van der Waals surface area contributed by atoms with Crippen molar-refractivity contribution in [3.05, 3.63) is 36.5 Å². The summed E-state index contributed by atoms with van der Waals surface area (Å²) in [6.07, 6.45) is 63.0. The van der Waals surface area contributed by atoms with Crippen molar-refractivity contribution in [3.8, 4) is 0 Å². The third kappa shape index (κ3) is 41.6. The predicted molar refractivity (Wildman–Crippen MR) is 304 cm³/mol. The summed E-state index contributed by atoms with van der Waals surface area (Å²) in [5.74, 6) is -0.186. The molecule has 0 aliphatic carbocycles. The molecule has 0 saturated carbocycles. The van der Waals surface area contributed by atoms with Crippen molar-refractivity contribution in [2.45, 2.75) is 346 Å². The summed E-state index contributed by atoms with van der Waals surface area (Å²) < 4.78 is 11.2. The fourth-order valence-corrected chi connectivity index (χ4v) is 9.98. The number of aliphatic hydroxyl groups excluding tert-OH is 5. The monoisotopic (exact) mass is 1020 g/mol. The quantitative estimate of drug-likeness (QED) is 0.0261. The third-order valence-corrected chi connectivity index (χ3v) is 14.9. The Morgan fingerprint density at radius 2 is 0.806 bits per heavy atom. The highest BCUT2D eigenvalue weighted by Crippen LogP contribution is 2.23. The number of nitrogens with one attached hydrogen (secondary N) is 1. The van der Waals surface area contributed by atoms with E-state index in [1.54, 1.807) is 6.08 Å². The second-order valence-electron chi connectivity index (χ2n) is 21.8. The summed E-state index contributed by atoms with van der Waals surface area (Å²) in [5, 5.41) is 54.1. The van der Waals surface area contributed by atoms with Crippen molar-refractivity contribution >= 4 is 5.91 Å². The largest absolute Gasteiger partial charge is 0.394 e. The Kier molecular flexibility index (Phi) is 50.2. The number of hydrogen-bond donors (Lipinski definition) is 6. The van der Waals surface area contributed by atoms with E-state index < -0.39 is 49.5 Å². The van der Waals surface area contributed by atoms with Gasteiger partial charge >= 0.3 is 0 Å². The van der Waals surface area contributed by atoms with Crippen LogP contribution in [0.4, 0.5) is 0 Å². The van der Waals surface area contributed by atoms with Crippen LogP contribution in [0.25, 0.3) is 0 Å². The number of hydrogen-bond acceptors (Lipinski definition) is 8. The zero-order valence-electron chi connectivity index (χ0n) is 47.2. The molecular formula is C63H119NO8. The van der Waals surface area contributed by atoms with Crippen molar-refractivity contribution < 1.29 is 39.8 Å². The summed E-state index contributed by atoms with van der Waals surface area (Å²) in [4.78, 5) is 13.0. The van der Waals surface area contributed by atoms with Crippen LogP contribution in [-0.2, 0) is 14.3 Å². The lowest BCUT2D eigenvalue weighted by molar-refractivity contribution is -0.302. The van der Waals surface area contributed by atoms with E-state index in [0.717, 1.165) is 44.9 Å². The SMILES string of the molecule is CCCC/C=C/CC/C=C/C(O)C(COC1OC(CO)C(O)C(O)C1O)NC(=O)CCCCCCCCCCCCCCCCCCCCCCCCCCCCCCC/C=C\CCCCCCCCCC. The Bertz CT molecular complexity index is 1230. The van der Waals surface area contributed by atoms with Crippen molar-refractivity contribution in [1.82, 2.24) is 5.32 Å². The maximum atomic E-state index is 13.0. The van der Waals surface area contributed by atoms with Crippen molar-refractivity contribution in [3.63, 3.8) is 0 Å². The van der Waals surface area contributed by atoms with Crippen molar-refractivity contribution in [1.29, 1.82) is 0 Å². The first-order chi connectivity index (χ1) is 35.3. The lowest BCUT2D eigenvalue weighted by atomic mass is 9.99. The molecule has 1 fully saturated rings. The van der Waals surface area contributed by atoms with Crippen molar-refractivity contribution in [2.24, 2.45) is 0 Å². The molecule has 424 valence electrons. The smallest absolute Gasteiger partial charge is 0.220 e. The first-order valence-corrected chi connectivity index (χ1v) is 31.2. The predicted octanol–water partition coefficient (Wildman–Crippen LogP) is 15.9. The number of ether oxygens (including phenoxy) is 2. The van der Waals surface area contributed by atoms with Crippen LogP contribution in [0.5, 0.6) is 0 Å². The van der Waals surface area contributed by atoms with E-state index in [1.165, 1.54) is 238 Å². The lowest BCUT2D eigenvalue weighted by Gasteiger charge is -2.40. The van der Waals surface area contributed by atoms with E-state index in [9.17, 15) is 30.3 Å². The standard InChI is InChI=1S/C63H119NO8/c1-3-5-7-9-11-13-14-15-16-17-18-19-20-21-22-23-24-25-26-27-28-29-30-31-32-33-34-35-36-37-38-39-40-41-42-43-44-45-47-49-51-53-59(67)64-56(57(66)52-50-48-46-12-10-8-6-4-2)55-71-63-62(70)61(69)60(68)58(54-65)72-63/h10,12,17-18,50,52,56-58,60-63,65-66,68-70H,3-9,11,13-16,19-49,51,53-55H2,1-2H3,(H,64,67)/b12-10+,18-17-,52-50+. The molecule has 0 bridgehead atoms. The summed E-state index contributed by atoms with van der Waals surface area (Å²) >= 11 is 0. The molecule has 72 heavy (non-hydrogen) atoms. The molecule has 6 N–H and O–H groups in total. The van der Waals surface area contributed by atoms with E-state index in [4.69, 9.17) is 9.47 Å². The Morgan fingerprint density at radius 1 is 0.458 bits per heavy atom. The minimum Gasteiger partial charge on any atom is -0.394 e. The molecule has 7 unspecified atom stereocenters. The molecular weight excluding hydrogens is 899 g/mol. The molecule has 0 aromatic heterocycles. The van der Waals surface area contributed by atoms with Gasteiger partial charge in [0.2, 0.25) is 5.91 Å². The zero-order valence-corrected chi connectivity index (χ0v) is 47.2. The molecule has 1 amide bonds. The van der Waals surface area contributed by atoms with Crippen LogP contribution >= 0.6 is 0 Å². The number of amides is 1. The molecule has 9 nitrogen and oxygen atoms in total. The highest BCUT2D eigenvalue weighted by atomic mass is 16.7. The first kappa shape index (κ1) is 68.4. The van der Waals surface area contributed by atoms with Gasteiger partial charge in [-0.2, -0.15) is 0 Å². The Hall–Kier alpha value is -1.59. The van der Waals surface area contributed by atoms with Gasteiger partial charge in [0, 0.05) is 6.42 Å². The highest BCUT2D eigenvalue weighted by molar-refractivity contribution is 5.76. The van der Waals surface area contributed by atoms with Gasteiger partial charge in [-0.15, -0.1) is 0 Å². The fourth-order valence-electron chi connectivity index (χ4n) is 9.98. The van der Waals surface area contributed by atoms with Crippen LogP contribution < -0.4 is 5.32 Å². The number of allylic oxidation sites excluding steroid dienone is 5. The topological polar surface area (TPSA) is 149 Å². The Balaban J connectivity index is 1.94. The Morgan fingerprint density at radius 3 is 1.21 bits per heavy atom. The maximum absolute atomic E-state index is 13.0. The molecule has 1 saturated heterocycles. The van der Waals surface area contributed by atoms with Crippen LogP contribution in [0.2, 0.25) is 0 Å². The van der Waals surface area contributed by atoms with Gasteiger partial charge in [-0.1, -0.05) is 281 Å². The second kappa shape index (κ2) is 52.8. The van der Waals surface area contributed by atoms with Gasteiger partial charge in [0.05, 0.1) is 25.4 Å². The molecule has 0 spiro atoms. The molecule has 0 aromatic carbocycles. The van der Waals surface area contributed by atoms with Crippen LogP contribution in [0, 0.1) is 0 Å². The van der Waals surface area contributed by atoms with Crippen LogP contribution in [-0.4, -0.2) is 87.5 Å². The van der Waals surface area contributed by atoms with Gasteiger partial charge in [-0.25, -0.2) is 0 Å². The molecule has 0 radical (unpaired) electrons. The molecule has 0 aromatic rings. The minimum atomic E-state index is -1.57. The van der Waals surface area contributed by atoms with Crippen LogP contribution in [0.3, 0.4) is 0 Å². The molecule has 9 heteroatoms. The average Bonchev–Trinajstić information content (AvgIpc) is 3.38. The Labute approximate surface area is 444 Å². The van der Waals surface area contributed by atoms with Gasteiger partial charge < -0.3 is 40.3 Å².